The predicted molar refractivity (Wildman–Crippen MR) is 53.7 cm³/mol. The van der Waals surface area contributed by atoms with Crippen molar-refractivity contribution in [2.75, 3.05) is 6.61 Å². The number of rotatable bonds is 4. The molecule has 0 saturated heterocycles. The van der Waals surface area contributed by atoms with E-state index in [1.807, 2.05) is 31.2 Å². The summed E-state index contributed by atoms with van der Waals surface area (Å²) in [5.74, 6) is 0. The van der Waals surface area contributed by atoms with Gasteiger partial charge in [0, 0.05) is 11.8 Å². The van der Waals surface area contributed by atoms with E-state index >= 15 is 0 Å². The molecule has 0 aliphatic rings. The molecule has 1 heterocycles. The van der Waals surface area contributed by atoms with Crippen molar-refractivity contribution >= 4 is 11.6 Å². The first-order valence-corrected chi connectivity index (χ1v) is 4.50. The highest BCUT2D eigenvalue weighted by Crippen LogP contribution is 2.12. The maximum atomic E-state index is 5.83. The normalized spacial score (nSPS) is 10.9. The van der Waals surface area contributed by atoms with Crippen LogP contribution >= 0.6 is 11.6 Å². The maximum Gasteiger partial charge on any atom is 0.134 e. The van der Waals surface area contributed by atoms with Crippen molar-refractivity contribution in [1.82, 2.24) is 4.98 Å². The number of pyridine rings is 1. The zero-order valence-electron chi connectivity index (χ0n) is 7.53. The maximum absolute atomic E-state index is 5.83. The van der Waals surface area contributed by atoms with Crippen molar-refractivity contribution in [2.45, 2.75) is 13.5 Å². The van der Waals surface area contributed by atoms with Crippen LogP contribution in [0.5, 0.6) is 0 Å². The zero-order chi connectivity index (χ0) is 9.52. The SMILES string of the molecule is CC=CCOCc1cccnc1Cl. The fourth-order valence-corrected chi connectivity index (χ4v) is 1.03. The highest BCUT2D eigenvalue weighted by molar-refractivity contribution is 6.30. The van der Waals surface area contributed by atoms with Crippen LogP contribution in [0.2, 0.25) is 5.15 Å². The minimum atomic E-state index is 0.511. The van der Waals surface area contributed by atoms with Crippen LogP contribution in [-0.4, -0.2) is 11.6 Å². The summed E-state index contributed by atoms with van der Waals surface area (Å²) >= 11 is 5.83. The number of aromatic nitrogens is 1. The third kappa shape index (κ3) is 3.57. The second-order valence-electron chi connectivity index (χ2n) is 2.54. The van der Waals surface area contributed by atoms with Crippen LogP contribution in [0.4, 0.5) is 0 Å². The van der Waals surface area contributed by atoms with Gasteiger partial charge in [-0.2, -0.15) is 0 Å². The number of halogens is 1. The molecule has 0 fully saturated rings. The van der Waals surface area contributed by atoms with Gasteiger partial charge < -0.3 is 4.74 Å². The van der Waals surface area contributed by atoms with Crippen LogP contribution in [0.15, 0.2) is 30.5 Å². The van der Waals surface area contributed by atoms with E-state index in [4.69, 9.17) is 16.3 Å². The second-order valence-corrected chi connectivity index (χ2v) is 2.90. The number of hydrogen-bond donors (Lipinski definition) is 0. The fourth-order valence-electron chi connectivity index (χ4n) is 0.860. The molecule has 1 aromatic heterocycles. The number of hydrogen-bond acceptors (Lipinski definition) is 2. The zero-order valence-corrected chi connectivity index (χ0v) is 8.29. The molecular weight excluding hydrogens is 186 g/mol. The molecule has 0 aliphatic heterocycles. The lowest BCUT2D eigenvalue weighted by atomic mass is 10.3. The topological polar surface area (TPSA) is 22.1 Å². The molecule has 0 amide bonds. The minimum Gasteiger partial charge on any atom is -0.373 e. The van der Waals surface area contributed by atoms with Crippen molar-refractivity contribution in [3.8, 4) is 0 Å². The Kier molecular flexibility index (Phi) is 4.50. The summed E-state index contributed by atoms with van der Waals surface area (Å²) in [5.41, 5.74) is 0.925. The predicted octanol–water partition coefficient (Wildman–Crippen LogP) is 2.83. The lowest BCUT2D eigenvalue weighted by molar-refractivity contribution is 0.148. The van der Waals surface area contributed by atoms with Crippen molar-refractivity contribution in [3.05, 3.63) is 41.2 Å². The third-order valence-electron chi connectivity index (χ3n) is 1.54. The third-order valence-corrected chi connectivity index (χ3v) is 1.88. The highest BCUT2D eigenvalue weighted by atomic mass is 35.5. The van der Waals surface area contributed by atoms with Crippen molar-refractivity contribution < 1.29 is 4.74 Å². The fraction of sp³-hybridized carbons (Fsp3) is 0.300. The highest BCUT2D eigenvalue weighted by Gasteiger charge is 1.98. The summed E-state index contributed by atoms with van der Waals surface area (Å²) in [6, 6.07) is 3.76. The first-order valence-electron chi connectivity index (χ1n) is 4.13. The van der Waals surface area contributed by atoms with Crippen LogP contribution in [0.25, 0.3) is 0 Å². The van der Waals surface area contributed by atoms with Gasteiger partial charge in [0.15, 0.2) is 0 Å². The second kappa shape index (κ2) is 5.73. The Balaban J connectivity index is 2.41. The molecule has 2 nitrogen and oxygen atoms in total. The van der Waals surface area contributed by atoms with Crippen molar-refractivity contribution in [2.24, 2.45) is 0 Å². The molecule has 0 atom stereocenters. The Morgan fingerprint density at radius 2 is 2.46 bits per heavy atom. The van der Waals surface area contributed by atoms with Gasteiger partial charge in [0.25, 0.3) is 0 Å². The lowest BCUT2D eigenvalue weighted by Gasteiger charge is -2.02. The average molecular weight is 198 g/mol. The lowest BCUT2D eigenvalue weighted by Crippen LogP contribution is -1.94. The van der Waals surface area contributed by atoms with Crippen molar-refractivity contribution in [1.29, 1.82) is 0 Å². The Morgan fingerprint density at radius 1 is 1.62 bits per heavy atom. The Hall–Kier alpha value is -0.860. The van der Waals surface area contributed by atoms with Gasteiger partial charge in [0.1, 0.15) is 5.15 Å². The molecule has 0 N–H and O–H groups in total. The van der Waals surface area contributed by atoms with Crippen molar-refractivity contribution in [3.63, 3.8) is 0 Å². The molecule has 0 aromatic carbocycles. The standard InChI is InChI=1S/C10H12ClNO/c1-2-3-7-13-8-9-5-4-6-12-10(9)11/h2-6H,7-8H2,1H3. The Morgan fingerprint density at radius 3 is 3.15 bits per heavy atom. The molecule has 0 bridgehead atoms. The van der Waals surface area contributed by atoms with E-state index in [0.717, 1.165) is 5.56 Å². The van der Waals surface area contributed by atoms with E-state index in [2.05, 4.69) is 4.98 Å². The van der Waals surface area contributed by atoms with Crippen LogP contribution in [0.3, 0.4) is 0 Å². The number of allylic oxidation sites excluding steroid dienone is 1. The van der Waals surface area contributed by atoms with Crippen LogP contribution < -0.4 is 0 Å². The molecule has 0 saturated carbocycles. The van der Waals surface area contributed by atoms with E-state index in [9.17, 15) is 0 Å². The Labute approximate surface area is 83.2 Å². The van der Waals surface area contributed by atoms with Crippen LogP contribution in [-0.2, 0) is 11.3 Å². The van der Waals surface area contributed by atoms with Gasteiger partial charge in [-0.25, -0.2) is 4.98 Å². The molecule has 0 spiro atoms. The minimum absolute atomic E-state index is 0.511. The van der Waals surface area contributed by atoms with E-state index in [1.54, 1.807) is 6.20 Å². The van der Waals surface area contributed by atoms with Gasteiger partial charge in [-0.05, 0) is 13.0 Å². The largest absolute Gasteiger partial charge is 0.373 e. The smallest absolute Gasteiger partial charge is 0.134 e. The van der Waals surface area contributed by atoms with Gasteiger partial charge in [0.2, 0.25) is 0 Å². The van der Waals surface area contributed by atoms with Gasteiger partial charge in [-0.15, -0.1) is 0 Å². The molecular formula is C10H12ClNO. The molecule has 13 heavy (non-hydrogen) atoms. The summed E-state index contributed by atoms with van der Waals surface area (Å²) in [5, 5.41) is 0.517. The van der Waals surface area contributed by atoms with Gasteiger partial charge in [-0.3, -0.25) is 0 Å². The monoisotopic (exact) mass is 197 g/mol. The summed E-state index contributed by atoms with van der Waals surface area (Å²) in [4.78, 5) is 3.95. The molecule has 0 aliphatic carbocycles. The molecule has 0 radical (unpaired) electrons. The molecule has 1 rings (SSSR count). The summed E-state index contributed by atoms with van der Waals surface area (Å²) in [7, 11) is 0. The van der Waals surface area contributed by atoms with Gasteiger partial charge >= 0.3 is 0 Å². The molecule has 1 aromatic rings. The number of ether oxygens (including phenoxy) is 1. The van der Waals surface area contributed by atoms with Crippen LogP contribution in [0, 0.1) is 0 Å². The van der Waals surface area contributed by atoms with E-state index < -0.39 is 0 Å². The molecule has 0 unspecified atom stereocenters. The van der Waals surface area contributed by atoms with E-state index in [1.165, 1.54) is 0 Å². The van der Waals surface area contributed by atoms with E-state index in [-0.39, 0.29) is 0 Å². The van der Waals surface area contributed by atoms with E-state index in [0.29, 0.717) is 18.4 Å². The first-order chi connectivity index (χ1) is 6.34. The first kappa shape index (κ1) is 10.2. The van der Waals surface area contributed by atoms with Gasteiger partial charge in [-0.1, -0.05) is 29.8 Å². The van der Waals surface area contributed by atoms with Gasteiger partial charge in [0.05, 0.1) is 13.2 Å². The van der Waals surface area contributed by atoms with Crippen LogP contribution in [0.1, 0.15) is 12.5 Å². The average Bonchev–Trinajstić information content (AvgIpc) is 2.15. The summed E-state index contributed by atoms with van der Waals surface area (Å²) in [6.07, 6.45) is 5.56. The molecule has 70 valence electrons. The quantitative estimate of drug-likeness (QED) is 0.421. The summed E-state index contributed by atoms with van der Waals surface area (Å²) in [6.45, 7) is 3.08. The molecule has 3 heteroatoms. The summed E-state index contributed by atoms with van der Waals surface area (Å²) < 4.78 is 5.33. The Bertz CT molecular complexity index is 286. The number of nitrogens with zero attached hydrogens (tertiary/aromatic N) is 1.